The van der Waals surface area contributed by atoms with Gasteiger partial charge in [0.2, 0.25) is 0 Å². The van der Waals surface area contributed by atoms with Gasteiger partial charge in [-0.15, -0.1) is 0 Å². The summed E-state index contributed by atoms with van der Waals surface area (Å²) in [5, 5.41) is 6.11. The maximum atomic E-state index is 12.0. The van der Waals surface area contributed by atoms with Crippen molar-refractivity contribution in [2.45, 2.75) is 103 Å². The molecule has 6 aliphatic rings. The van der Waals surface area contributed by atoms with Crippen molar-refractivity contribution in [3.8, 4) is 0 Å². The van der Waals surface area contributed by atoms with E-state index in [1.54, 1.807) is 43.0 Å². The summed E-state index contributed by atoms with van der Waals surface area (Å²) in [6.07, 6.45) is 15.1. The van der Waals surface area contributed by atoms with Gasteiger partial charge in [-0.05, 0) is 85.5 Å². The average Bonchev–Trinajstić information content (AvgIpc) is 3.38. The number of methoxy groups -OCH3 is 1. The van der Waals surface area contributed by atoms with Gasteiger partial charge < -0.3 is 72.1 Å². The standard InChI is InChI=1S/C15H30N4O3.C14H22N4O2.C13H20N4.C12H20N4O/c1-15(2,3)22-14(20)18-8-11-10-19(6-7-21-11)13-4-5-17-9-12(13)16;1-14(2,3)20-13(19)18-8-6-17(7-9-18)12-4-5-16-10-11(12)15;14-12-10-15-5-4-13(12)17-8-6-16(7-9-17)11-2-1-3-11;1-17-9-8-15-4-6-16(7-5-15)12-2-3-14-10-11(12)13/h11-13,17H,4-10,16H2,1-3H3,(H,18,20);4-5,10H,6-9,15H2,1-3H3;4-5,10-11H,1-3,6-9,14H2;2-3,10H,4-9,13H2,1H3. The van der Waals surface area contributed by atoms with Crippen LogP contribution in [0.5, 0.6) is 0 Å². The Labute approximate surface area is 452 Å². The Bertz CT molecular complexity index is 2190. The summed E-state index contributed by atoms with van der Waals surface area (Å²) in [6, 6.07) is 7.33. The van der Waals surface area contributed by atoms with Crippen molar-refractivity contribution in [1.29, 1.82) is 0 Å². The van der Waals surface area contributed by atoms with Gasteiger partial charge in [0, 0.05) is 155 Å². The number of hydrogen-bond donors (Lipinski definition) is 6. The number of pyridine rings is 3. The predicted octanol–water partition coefficient (Wildman–Crippen LogP) is 3.39. The lowest BCUT2D eigenvalue weighted by atomic mass is 9.91. The Balaban J connectivity index is 0.000000165. The first kappa shape index (κ1) is 59.7. The molecule has 5 saturated heterocycles. The zero-order chi connectivity index (χ0) is 54.7. The predicted molar refractivity (Wildman–Crippen MR) is 303 cm³/mol. The Morgan fingerprint density at radius 3 is 1.67 bits per heavy atom. The summed E-state index contributed by atoms with van der Waals surface area (Å²) in [4.78, 5) is 51.8. The van der Waals surface area contributed by atoms with E-state index in [1.807, 2.05) is 65.9 Å². The number of ether oxygens (including phenoxy) is 4. The van der Waals surface area contributed by atoms with Gasteiger partial charge in [-0.1, -0.05) is 6.42 Å². The highest BCUT2D eigenvalue weighted by Crippen LogP contribution is 2.29. The summed E-state index contributed by atoms with van der Waals surface area (Å²) in [5.74, 6) is 0. The lowest BCUT2D eigenvalue weighted by molar-refractivity contribution is -0.0492. The van der Waals surface area contributed by atoms with Crippen molar-refractivity contribution in [2.24, 2.45) is 5.73 Å². The van der Waals surface area contributed by atoms with Gasteiger partial charge in [0.25, 0.3) is 0 Å². The van der Waals surface area contributed by atoms with Gasteiger partial charge in [0.15, 0.2) is 0 Å². The van der Waals surface area contributed by atoms with Crippen LogP contribution in [0.1, 0.15) is 67.2 Å². The fraction of sp³-hybridized carbons (Fsp3) is 0.685. The summed E-state index contributed by atoms with van der Waals surface area (Å²) in [5.41, 5.74) is 28.5. The molecule has 0 spiro atoms. The van der Waals surface area contributed by atoms with Crippen LogP contribution < -0.4 is 48.3 Å². The first-order chi connectivity index (χ1) is 36.4. The maximum absolute atomic E-state index is 12.0. The third-order valence-electron chi connectivity index (χ3n) is 14.3. The minimum absolute atomic E-state index is 0.0108. The van der Waals surface area contributed by atoms with E-state index >= 15 is 0 Å². The van der Waals surface area contributed by atoms with E-state index in [9.17, 15) is 9.59 Å². The van der Waals surface area contributed by atoms with Crippen LogP contribution in [-0.2, 0) is 18.9 Å². The molecule has 3 atom stereocenters. The number of aromatic nitrogens is 3. The van der Waals surface area contributed by atoms with E-state index in [2.05, 4.69) is 55.0 Å². The number of carbonyl (C=O) groups is 2. The summed E-state index contributed by atoms with van der Waals surface area (Å²) in [7, 11) is 1.74. The Hall–Kier alpha value is -5.49. The van der Waals surface area contributed by atoms with E-state index in [4.69, 9.17) is 41.9 Å². The molecule has 9 rings (SSSR count). The topological polar surface area (TPSA) is 261 Å². The minimum atomic E-state index is -0.481. The van der Waals surface area contributed by atoms with Crippen LogP contribution in [0.15, 0.2) is 55.4 Å². The van der Waals surface area contributed by atoms with Crippen LogP contribution in [0.2, 0.25) is 0 Å². The lowest BCUT2D eigenvalue weighted by Crippen LogP contribution is -2.61. The van der Waals surface area contributed by atoms with Gasteiger partial charge in [-0.3, -0.25) is 29.7 Å². The van der Waals surface area contributed by atoms with Crippen molar-refractivity contribution in [2.75, 3.05) is 170 Å². The SMILES string of the molecule is CC(C)(C)OC(=O)N1CCN(c2ccncc2N)CC1.CC(C)(C)OC(=O)NCC1CN(C2CCNCC2N)CCO1.COCCN1CCN(c2ccncc2N)CC1.Nc1cnccc1N1CCN(C2CCC2)CC1. The molecular weight excluding hydrogens is 969 g/mol. The van der Waals surface area contributed by atoms with E-state index < -0.39 is 17.3 Å². The van der Waals surface area contributed by atoms with Crippen LogP contribution in [0.4, 0.5) is 43.7 Å². The number of nitrogens with zero attached hydrogens (tertiary/aromatic N) is 10. The third kappa shape index (κ3) is 19.2. The van der Waals surface area contributed by atoms with Gasteiger partial charge in [0.05, 0.1) is 72.0 Å². The fourth-order valence-electron chi connectivity index (χ4n) is 10.0. The number of morpholine rings is 1. The number of piperidine rings is 1. The number of nitrogens with two attached hydrogens (primary N) is 4. The Morgan fingerprint density at radius 1 is 0.697 bits per heavy atom. The molecular formula is C54H92N16O6. The van der Waals surface area contributed by atoms with Crippen LogP contribution in [0.3, 0.4) is 0 Å². The van der Waals surface area contributed by atoms with Gasteiger partial charge in [-0.2, -0.15) is 0 Å². The van der Waals surface area contributed by atoms with Crippen molar-refractivity contribution >= 4 is 46.3 Å². The molecule has 22 heteroatoms. The maximum Gasteiger partial charge on any atom is 0.410 e. The number of hydrogen-bond acceptors (Lipinski definition) is 20. The molecule has 0 aromatic carbocycles. The molecule has 424 valence electrons. The smallest absolute Gasteiger partial charge is 0.410 e. The normalized spacial score (nSPS) is 22.1. The number of anilines is 6. The van der Waals surface area contributed by atoms with Crippen LogP contribution in [0, 0.1) is 0 Å². The van der Waals surface area contributed by atoms with Gasteiger partial charge in [-0.25, -0.2) is 9.59 Å². The second kappa shape index (κ2) is 29.3. The van der Waals surface area contributed by atoms with Gasteiger partial charge >= 0.3 is 12.2 Å². The summed E-state index contributed by atoms with van der Waals surface area (Å²) >= 11 is 0. The molecule has 3 aromatic rings. The molecule has 0 bridgehead atoms. The Kier molecular flexibility index (Phi) is 23.0. The molecule has 5 aliphatic heterocycles. The van der Waals surface area contributed by atoms with Crippen molar-refractivity contribution in [1.82, 2.24) is 45.2 Å². The summed E-state index contributed by atoms with van der Waals surface area (Å²) < 4.78 is 21.5. The molecule has 3 unspecified atom stereocenters. The van der Waals surface area contributed by atoms with E-state index in [0.717, 1.165) is 133 Å². The second-order valence-corrected chi connectivity index (χ2v) is 22.3. The number of nitrogens with one attached hydrogen (secondary N) is 2. The molecule has 6 fully saturated rings. The molecule has 3 aromatic heterocycles. The fourth-order valence-corrected chi connectivity index (χ4v) is 10.0. The second-order valence-electron chi connectivity index (χ2n) is 22.3. The lowest BCUT2D eigenvalue weighted by Gasteiger charge is -2.43. The van der Waals surface area contributed by atoms with Crippen molar-refractivity contribution in [3.63, 3.8) is 0 Å². The molecule has 2 amide bonds. The molecule has 22 nitrogen and oxygen atoms in total. The molecule has 1 aliphatic carbocycles. The largest absolute Gasteiger partial charge is 0.444 e. The highest BCUT2D eigenvalue weighted by Gasteiger charge is 2.33. The number of nitrogen functional groups attached to an aromatic ring is 3. The number of carbonyl (C=O) groups excluding carboxylic acids is 2. The minimum Gasteiger partial charge on any atom is -0.444 e. The van der Waals surface area contributed by atoms with Gasteiger partial charge in [0.1, 0.15) is 11.2 Å². The molecule has 8 heterocycles. The zero-order valence-electron chi connectivity index (χ0n) is 46.7. The van der Waals surface area contributed by atoms with Crippen molar-refractivity contribution < 1.29 is 28.5 Å². The summed E-state index contributed by atoms with van der Waals surface area (Å²) in [6.45, 7) is 29.1. The van der Waals surface area contributed by atoms with Crippen LogP contribution in [0.25, 0.3) is 0 Å². The number of rotatable bonds is 10. The molecule has 1 saturated carbocycles. The molecule has 10 N–H and O–H groups in total. The number of piperazine rings is 3. The first-order valence-corrected chi connectivity index (χ1v) is 27.4. The third-order valence-corrected chi connectivity index (χ3v) is 14.3. The zero-order valence-corrected chi connectivity index (χ0v) is 46.7. The molecule has 76 heavy (non-hydrogen) atoms. The molecule has 0 radical (unpaired) electrons. The average molecular weight is 1060 g/mol. The highest BCUT2D eigenvalue weighted by molar-refractivity contribution is 5.70. The quantitative estimate of drug-likeness (QED) is 0.170. The highest BCUT2D eigenvalue weighted by atomic mass is 16.6. The number of amides is 2. The van der Waals surface area contributed by atoms with Crippen LogP contribution >= 0.6 is 0 Å². The van der Waals surface area contributed by atoms with E-state index in [-0.39, 0.29) is 18.2 Å². The van der Waals surface area contributed by atoms with Crippen LogP contribution in [-0.4, -0.2) is 220 Å². The van der Waals surface area contributed by atoms with E-state index in [1.165, 1.54) is 32.4 Å². The number of alkyl carbamates (subject to hydrolysis) is 1. The van der Waals surface area contributed by atoms with E-state index in [0.29, 0.717) is 38.0 Å². The monoisotopic (exact) mass is 1060 g/mol. The first-order valence-electron chi connectivity index (χ1n) is 27.4. The van der Waals surface area contributed by atoms with Crippen molar-refractivity contribution in [3.05, 3.63) is 55.4 Å². The Morgan fingerprint density at radius 2 is 1.21 bits per heavy atom.